The van der Waals surface area contributed by atoms with Gasteiger partial charge in [0.05, 0.1) is 11.1 Å². The van der Waals surface area contributed by atoms with Gasteiger partial charge in [0.25, 0.3) is 0 Å². The minimum Gasteiger partial charge on any atom is -0.345 e. The van der Waals surface area contributed by atoms with Gasteiger partial charge in [-0.3, -0.25) is 0 Å². The molecule has 53 heavy (non-hydrogen) atoms. The third-order valence-corrected chi connectivity index (χ3v) is 11.4. The van der Waals surface area contributed by atoms with Crippen molar-refractivity contribution in [1.29, 1.82) is 0 Å². The summed E-state index contributed by atoms with van der Waals surface area (Å²) < 4.78 is 0. The maximum Gasteiger partial charge on any atom is 0.0715 e. The van der Waals surface area contributed by atoms with Crippen LogP contribution in [0.3, 0.4) is 0 Å². The van der Waals surface area contributed by atoms with Crippen LogP contribution < -0.4 is 9.80 Å². The zero-order chi connectivity index (χ0) is 35.4. The van der Waals surface area contributed by atoms with Crippen LogP contribution in [0.25, 0.3) is 22.3 Å². The summed E-state index contributed by atoms with van der Waals surface area (Å²) in [5.41, 5.74) is 18.3. The minimum atomic E-state index is -0.548. The average molecular weight is 679 g/mol. The second-order valence-electron chi connectivity index (χ2n) is 14.1. The van der Waals surface area contributed by atoms with Crippen LogP contribution in [0.4, 0.5) is 28.4 Å². The molecule has 0 bridgehead atoms. The number of fused-ring (bicyclic) bond motifs is 6. The van der Waals surface area contributed by atoms with Crippen molar-refractivity contribution < 1.29 is 0 Å². The molecule has 2 aliphatic carbocycles. The van der Waals surface area contributed by atoms with Gasteiger partial charge >= 0.3 is 0 Å². The van der Waals surface area contributed by atoms with Gasteiger partial charge in [0.15, 0.2) is 0 Å². The van der Waals surface area contributed by atoms with Crippen LogP contribution in [0.15, 0.2) is 200 Å². The lowest BCUT2D eigenvalue weighted by Crippen LogP contribution is -2.29. The molecule has 0 amide bonds. The van der Waals surface area contributed by atoms with Gasteiger partial charge in [-0.15, -0.1) is 0 Å². The third-order valence-electron chi connectivity index (χ3n) is 11.4. The quantitative estimate of drug-likeness (QED) is 0.166. The molecule has 8 aromatic carbocycles. The highest BCUT2D eigenvalue weighted by Gasteiger charge is 2.47. The lowest BCUT2D eigenvalue weighted by atomic mass is 9.67. The fraction of sp³-hybridized carbons (Fsp3) is 0.0588. The first-order chi connectivity index (χ1) is 26.2. The number of benzene rings is 8. The summed E-state index contributed by atoms with van der Waals surface area (Å²) in [6.07, 6.45) is 0.914. The van der Waals surface area contributed by atoms with Crippen molar-refractivity contribution in [2.75, 3.05) is 16.8 Å². The predicted octanol–water partition coefficient (Wildman–Crippen LogP) is 12.9. The molecule has 0 fully saturated rings. The zero-order valence-corrected chi connectivity index (χ0v) is 29.7. The lowest BCUT2D eigenvalue weighted by Gasteiger charge is -2.35. The van der Waals surface area contributed by atoms with Crippen molar-refractivity contribution in [2.45, 2.75) is 11.8 Å². The molecule has 0 spiro atoms. The first kappa shape index (κ1) is 31.1. The molecule has 0 atom stereocenters. The molecular weight excluding hydrogens is 641 g/mol. The molecule has 10 rings (SSSR count). The van der Waals surface area contributed by atoms with E-state index in [4.69, 9.17) is 0 Å². The second kappa shape index (κ2) is 12.5. The Bertz CT molecular complexity index is 2560. The summed E-state index contributed by atoms with van der Waals surface area (Å²) in [4.78, 5) is 4.77. The normalized spacial score (nSPS) is 13.1. The van der Waals surface area contributed by atoms with E-state index in [-0.39, 0.29) is 0 Å². The molecule has 0 aromatic heterocycles. The van der Waals surface area contributed by atoms with Gasteiger partial charge in [-0.25, -0.2) is 0 Å². The average Bonchev–Trinajstić information content (AvgIpc) is 3.76. The summed E-state index contributed by atoms with van der Waals surface area (Å²) in [5.74, 6) is 0. The minimum absolute atomic E-state index is 0.548. The summed E-state index contributed by atoms with van der Waals surface area (Å²) in [6.45, 7) is 0. The molecule has 0 unspecified atom stereocenters. The first-order valence-electron chi connectivity index (χ1n) is 18.5. The van der Waals surface area contributed by atoms with Crippen molar-refractivity contribution in [2.24, 2.45) is 0 Å². The van der Waals surface area contributed by atoms with Crippen molar-refractivity contribution in [3.63, 3.8) is 0 Å². The van der Waals surface area contributed by atoms with Gasteiger partial charge in [-0.2, -0.15) is 0 Å². The highest BCUT2D eigenvalue weighted by Crippen LogP contribution is 2.58. The lowest BCUT2D eigenvalue weighted by molar-refractivity contribution is 0.768. The molecule has 0 saturated carbocycles. The number of hydrogen-bond donors (Lipinski definition) is 0. The molecule has 252 valence electrons. The summed E-state index contributed by atoms with van der Waals surface area (Å²) in [6, 6.07) is 73.6. The summed E-state index contributed by atoms with van der Waals surface area (Å²) in [5, 5.41) is 0. The third kappa shape index (κ3) is 4.87. The fourth-order valence-corrected chi connectivity index (χ4v) is 8.97. The van der Waals surface area contributed by atoms with E-state index in [0.717, 1.165) is 29.2 Å². The molecule has 2 heteroatoms. The van der Waals surface area contributed by atoms with Crippen molar-refractivity contribution in [3.8, 4) is 22.3 Å². The van der Waals surface area contributed by atoms with Crippen LogP contribution in [0.5, 0.6) is 0 Å². The van der Waals surface area contributed by atoms with Gasteiger partial charge in [-0.05, 0) is 110 Å². The van der Waals surface area contributed by atoms with E-state index in [1.54, 1.807) is 0 Å². The van der Waals surface area contributed by atoms with Gasteiger partial charge < -0.3 is 9.80 Å². The van der Waals surface area contributed by atoms with Gasteiger partial charge in [0.1, 0.15) is 0 Å². The highest BCUT2D eigenvalue weighted by atomic mass is 15.1. The maximum atomic E-state index is 2.48. The number of hydrogen-bond acceptors (Lipinski definition) is 2. The van der Waals surface area contributed by atoms with E-state index >= 15 is 0 Å². The van der Waals surface area contributed by atoms with E-state index < -0.39 is 5.41 Å². The van der Waals surface area contributed by atoms with E-state index in [2.05, 4.69) is 217 Å². The Morgan fingerprint density at radius 1 is 0.396 bits per heavy atom. The van der Waals surface area contributed by atoms with Gasteiger partial charge in [-0.1, -0.05) is 146 Å². The van der Waals surface area contributed by atoms with Crippen molar-refractivity contribution in [3.05, 3.63) is 234 Å². The van der Waals surface area contributed by atoms with Crippen LogP contribution in [-0.2, 0) is 11.8 Å². The molecule has 0 aliphatic heterocycles. The number of rotatable bonds is 7. The Kier molecular flexibility index (Phi) is 7.37. The van der Waals surface area contributed by atoms with E-state index in [9.17, 15) is 0 Å². The molecule has 0 saturated heterocycles. The second-order valence-corrected chi connectivity index (χ2v) is 14.1. The molecule has 0 N–H and O–H groups in total. The highest BCUT2D eigenvalue weighted by molar-refractivity contribution is 5.92. The molecule has 8 aromatic rings. The monoisotopic (exact) mass is 678 g/mol. The Morgan fingerprint density at radius 2 is 0.906 bits per heavy atom. The Hall–Kier alpha value is -6.64. The van der Waals surface area contributed by atoms with Crippen LogP contribution in [0, 0.1) is 0 Å². The molecule has 2 aliphatic rings. The molecule has 2 nitrogen and oxygen atoms in total. The maximum absolute atomic E-state index is 2.48. The Labute approximate surface area is 311 Å². The summed E-state index contributed by atoms with van der Waals surface area (Å²) in [7, 11) is 2.16. The molecule has 0 radical (unpaired) electrons. The van der Waals surface area contributed by atoms with Crippen LogP contribution >= 0.6 is 0 Å². The zero-order valence-electron chi connectivity index (χ0n) is 29.7. The topological polar surface area (TPSA) is 6.48 Å². The van der Waals surface area contributed by atoms with Gasteiger partial charge in [0.2, 0.25) is 0 Å². The van der Waals surface area contributed by atoms with E-state index in [1.165, 1.54) is 61.3 Å². The Morgan fingerprint density at radius 3 is 1.55 bits per heavy atom. The number of para-hydroxylation sites is 2. The SMILES string of the molecule is CN(c1ccccc1)c1ccc2c(c1)C(c1ccccc1)(c1ccccc1)c1cc(N(c3ccccc3)c3cccc4c3Cc3ccccc3-4)ccc1-2. The largest absolute Gasteiger partial charge is 0.345 e. The van der Waals surface area contributed by atoms with Crippen molar-refractivity contribution >= 4 is 28.4 Å². The number of nitrogens with zero attached hydrogens (tertiary/aromatic N) is 2. The fourth-order valence-electron chi connectivity index (χ4n) is 8.97. The van der Waals surface area contributed by atoms with Crippen LogP contribution in [0.2, 0.25) is 0 Å². The van der Waals surface area contributed by atoms with Gasteiger partial charge in [0, 0.05) is 36.2 Å². The van der Waals surface area contributed by atoms with E-state index in [0.29, 0.717) is 0 Å². The van der Waals surface area contributed by atoms with Crippen molar-refractivity contribution in [1.82, 2.24) is 0 Å². The first-order valence-corrected chi connectivity index (χ1v) is 18.5. The molecule has 0 heterocycles. The van der Waals surface area contributed by atoms with E-state index in [1.807, 2.05) is 0 Å². The Balaban J connectivity index is 1.23. The van der Waals surface area contributed by atoms with Crippen LogP contribution in [0.1, 0.15) is 33.4 Å². The molecular formula is C51H38N2. The summed E-state index contributed by atoms with van der Waals surface area (Å²) >= 11 is 0. The number of anilines is 5. The predicted molar refractivity (Wildman–Crippen MR) is 221 cm³/mol. The standard InChI is InChI=1S/C51H38N2/c1-52(39-22-10-4-11-23-39)41-29-31-45-46-32-30-42(35-49(46)51(48(45)34-41,37-18-6-2-7-19-37)38-20-8-3-9-21-38)53(40-24-12-5-13-25-40)50-28-16-27-44-43-26-15-14-17-36(43)33-47(44)50/h2-32,34-35H,33H2,1H3. The van der Waals surface area contributed by atoms with Crippen LogP contribution in [-0.4, -0.2) is 7.05 Å². The smallest absolute Gasteiger partial charge is 0.0715 e.